The second-order valence-corrected chi connectivity index (χ2v) is 5.83. The van der Waals surface area contributed by atoms with Gasteiger partial charge in [-0.1, -0.05) is 0 Å². The molecule has 1 heterocycles. The Morgan fingerprint density at radius 2 is 1.82 bits per heavy atom. The van der Waals surface area contributed by atoms with Gasteiger partial charge in [0, 0.05) is 25.2 Å². The van der Waals surface area contributed by atoms with E-state index in [1.165, 1.54) is 12.8 Å². The summed E-state index contributed by atoms with van der Waals surface area (Å²) in [6.45, 7) is 3.81. The predicted octanol–water partition coefficient (Wildman–Crippen LogP) is 2.27. The van der Waals surface area contributed by atoms with Crippen molar-refractivity contribution in [2.45, 2.75) is 25.8 Å². The average molecular weight is 308 g/mol. The van der Waals surface area contributed by atoms with Gasteiger partial charge in [0.1, 0.15) is 17.2 Å². The zero-order valence-corrected chi connectivity index (χ0v) is 13.9. The first-order valence-electron chi connectivity index (χ1n) is 7.93. The van der Waals surface area contributed by atoms with Crippen LogP contribution in [0.2, 0.25) is 0 Å². The summed E-state index contributed by atoms with van der Waals surface area (Å²) in [5.74, 6) is 3.08. The van der Waals surface area contributed by atoms with E-state index in [2.05, 4.69) is 4.90 Å². The van der Waals surface area contributed by atoms with E-state index < -0.39 is 0 Å². The van der Waals surface area contributed by atoms with E-state index in [1.807, 2.05) is 12.1 Å². The third-order valence-corrected chi connectivity index (χ3v) is 4.38. The van der Waals surface area contributed by atoms with E-state index in [0.29, 0.717) is 5.92 Å². The van der Waals surface area contributed by atoms with E-state index in [0.717, 1.165) is 55.4 Å². The number of benzene rings is 1. The van der Waals surface area contributed by atoms with Crippen molar-refractivity contribution in [3.63, 3.8) is 0 Å². The Morgan fingerprint density at radius 3 is 2.36 bits per heavy atom. The van der Waals surface area contributed by atoms with Crippen LogP contribution in [-0.2, 0) is 6.54 Å². The van der Waals surface area contributed by atoms with Gasteiger partial charge in [0.2, 0.25) is 0 Å². The molecule has 1 aromatic carbocycles. The molecule has 2 N–H and O–H groups in total. The molecular weight excluding hydrogens is 280 g/mol. The van der Waals surface area contributed by atoms with Crippen LogP contribution in [0.4, 0.5) is 0 Å². The summed E-state index contributed by atoms with van der Waals surface area (Å²) in [6.07, 6.45) is 3.61. The largest absolute Gasteiger partial charge is 0.496 e. The highest BCUT2D eigenvalue weighted by Gasteiger charge is 2.22. The molecule has 22 heavy (non-hydrogen) atoms. The lowest BCUT2D eigenvalue weighted by Gasteiger charge is -2.33. The van der Waals surface area contributed by atoms with Gasteiger partial charge >= 0.3 is 0 Å². The number of rotatable bonds is 7. The van der Waals surface area contributed by atoms with Crippen molar-refractivity contribution >= 4 is 0 Å². The van der Waals surface area contributed by atoms with Gasteiger partial charge in [0.05, 0.1) is 26.9 Å². The van der Waals surface area contributed by atoms with Crippen molar-refractivity contribution < 1.29 is 14.2 Å². The zero-order chi connectivity index (χ0) is 15.9. The van der Waals surface area contributed by atoms with Crippen LogP contribution in [0.25, 0.3) is 0 Å². The van der Waals surface area contributed by atoms with E-state index in [1.54, 1.807) is 21.3 Å². The van der Waals surface area contributed by atoms with Gasteiger partial charge in [-0.25, -0.2) is 0 Å². The summed E-state index contributed by atoms with van der Waals surface area (Å²) in [5.41, 5.74) is 6.79. The molecule has 0 bridgehead atoms. The summed E-state index contributed by atoms with van der Waals surface area (Å²) in [5, 5.41) is 0. The Morgan fingerprint density at radius 1 is 1.14 bits per heavy atom. The molecule has 1 saturated heterocycles. The van der Waals surface area contributed by atoms with Crippen LogP contribution in [0.1, 0.15) is 24.8 Å². The SMILES string of the molecule is COc1cc(OC)c(CN2CCCC(CCN)C2)c(OC)c1. The maximum atomic E-state index is 5.71. The van der Waals surface area contributed by atoms with Gasteiger partial charge in [-0.2, -0.15) is 0 Å². The quantitative estimate of drug-likeness (QED) is 0.837. The maximum Gasteiger partial charge on any atom is 0.130 e. The third-order valence-electron chi connectivity index (χ3n) is 4.38. The first-order chi connectivity index (χ1) is 10.7. The molecule has 5 nitrogen and oxygen atoms in total. The molecule has 0 amide bonds. The summed E-state index contributed by atoms with van der Waals surface area (Å²) < 4.78 is 16.4. The summed E-state index contributed by atoms with van der Waals surface area (Å²) in [7, 11) is 5.02. The summed E-state index contributed by atoms with van der Waals surface area (Å²) in [6, 6.07) is 3.83. The molecule has 124 valence electrons. The van der Waals surface area contributed by atoms with Crippen LogP contribution >= 0.6 is 0 Å². The number of nitrogens with two attached hydrogens (primary N) is 1. The molecule has 1 unspecified atom stereocenters. The second-order valence-electron chi connectivity index (χ2n) is 5.83. The molecular formula is C17H28N2O3. The number of piperidine rings is 1. The molecule has 0 saturated carbocycles. The van der Waals surface area contributed by atoms with E-state index in [-0.39, 0.29) is 0 Å². The lowest BCUT2D eigenvalue weighted by Crippen LogP contribution is -2.35. The molecule has 1 aromatic rings. The van der Waals surface area contributed by atoms with Gasteiger partial charge in [-0.3, -0.25) is 4.90 Å². The van der Waals surface area contributed by atoms with Crippen molar-refractivity contribution in [3.8, 4) is 17.2 Å². The maximum absolute atomic E-state index is 5.71. The van der Waals surface area contributed by atoms with Crippen LogP contribution < -0.4 is 19.9 Å². The molecule has 5 heteroatoms. The fourth-order valence-electron chi connectivity index (χ4n) is 3.22. The van der Waals surface area contributed by atoms with Crippen molar-refractivity contribution in [1.82, 2.24) is 4.90 Å². The second kappa shape index (κ2) is 8.25. The Hall–Kier alpha value is -1.46. The molecule has 0 aromatic heterocycles. The van der Waals surface area contributed by atoms with Crippen LogP contribution in [0.5, 0.6) is 17.2 Å². The lowest BCUT2D eigenvalue weighted by molar-refractivity contribution is 0.160. The molecule has 1 atom stereocenters. The first-order valence-corrected chi connectivity index (χ1v) is 7.93. The molecule has 1 aliphatic rings. The van der Waals surface area contributed by atoms with Crippen LogP contribution in [0, 0.1) is 5.92 Å². The van der Waals surface area contributed by atoms with Crippen LogP contribution in [0.15, 0.2) is 12.1 Å². The molecule has 1 fully saturated rings. The first kappa shape index (κ1) is 16.9. The number of ether oxygens (including phenoxy) is 3. The smallest absolute Gasteiger partial charge is 0.130 e. The van der Waals surface area contributed by atoms with Crippen molar-refractivity contribution in [2.75, 3.05) is 41.0 Å². The monoisotopic (exact) mass is 308 g/mol. The number of hydrogen-bond donors (Lipinski definition) is 1. The van der Waals surface area contributed by atoms with E-state index in [9.17, 15) is 0 Å². The van der Waals surface area contributed by atoms with Gasteiger partial charge in [0.15, 0.2) is 0 Å². The number of likely N-dealkylation sites (tertiary alicyclic amines) is 1. The minimum absolute atomic E-state index is 0.703. The Labute approximate surface area is 133 Å². The Kier molecular flexibility index (Phi) is 6.34. The summed E-state index contributed by atoms with van der Waals surface area (Å²) >= 11 is 0. The molecule has 1 aliphatic heterocycles. The number of hydrogen-bond acceptors (Lipinski definition) is 5. The van der Waals surface area contributed by atoms with Crippen molar-refractivity contribution in [3.05, 3.63) is 17.7 Å². The lowest BCUT2D eigenvalue weighted by atomic mass is 9.94. The third kappa shape index (κ3) is 4.05. The predicted molar refractivity (Wildman–Crippen MR) is 87.8 cm³/mol. The number of methoxy groups -OCH3 is 3. The van der Waals surface area contributed by atoms with Crippen LogP contribution in [0.3, 0.4) is 0 Å². The molecule has 0 spiro atoms. The Balaban J connectivity index is 2.17. The fraction of sp³-hybridized carbons (Fsp3) is 0.647. The van der Waals surface area contributed by atoms with Gasteiger partial charge in [-0.15, -0.1) is 0 Å². The minimum Gasteiger partial charge on any atom is -0.496 e. The van der Waals surface area contributed by atoms with Crippen LogP contribution in [-0.4, -0.2) is 45.9 Å². The highest BCUT2D eigenvalue weighted by atomic mass is 16.5. The highest BCUT2D eigenvalue weighted by molar-refractivity contribution is 5.50. The van der Waals surface area contributed by atoms with Crippen molar-refractivity contribution in [2.24, 2.45) is 11.7 Å². The normalized spacial score (nSPS) is 19.0. The minimum atomic E-state index is 0.703. The van der Waals surface area contributed by atoms with E-state index >= 15 is 0 Å². The van der Waals surface area contributed by atoms with E-state index in [4.69, 9.17) is 19.9 Å². The molecule has 2 rings (SSSR count). The number of nitrogens with zero attached hydrogens (tertiary/aromatic N) is 1. The van der Waals surface area contributed by atoms with Gasteiger partial charge in [-0.05, 0) is 38.3 Å². The topological polar surface area (TPSA) is 57.0 Å². The zero-order valence-electron chi connectivity index (χ0n) is 13.9. The molecule has 0 radical (unpaired) electrons. The van der Waals surface area contributed by atoms with Gasteiger partial charge in [0.25, 0.3) is 0 Å². The average Bonchev–Trinajstić information content (AvgIpc) is 2.55. The fourth-order valence-corrected chi connectivity index (χ4v) is 3.22. The standard InChI is InChI=1S/C17H28N2O3/c1-20-14-9-16(21-2)15(17(10-14)22-3)12-19-8-4-5-13(11-19)6-7-18/h9-10,13H,4-8,11-12,18H2,1-3H3. The summed E-state index contributed by atoms with van der Waals surface area (Å²) in [4.78, 5) is 2.47. The molecule has 0 aliphatic carbocycles. The van der Waals surface area contributed by atoms with Crippen molar-refractivity contribution in [1.29, 1.82) is 0 Å². The van der Waals surface area contributed by atoms with Gasteiger partial charge < -0.3 is 19.9 Å². The Bertz CT molecular complexity index is 452. The highest BCUT2D eigenvalue weighted by Crippen LogP contribution is 2.35.